The van der Waals surface area contributed by atoms with Crippen molar-refractivity contribution in [3.8, 4) is 0 Å². The summed E-state index contributed by atoms with van der Waals surface area (Å²) in [4.78, 5) is 26.2. The first-order valence-corrected chi connectivity index (χ1v) is 5.99. The minimum absolute atomic E-state index is 0.175. The summed E-state index contributed by atoms with van der Waals surface area (Å²) < 4.78 is 0.756. The third-order valence-corrected chi connectivity index (χ3v) is 2.90. The zero-order valence-corrected chi connectivity index (χ0v) is 10.8. The van der Waals surface area contributed by atoms with E-state index in [1.54, 1.807) is 42.5 Å². The van der Waals surface area contributed by atoms with E-state index in [0.29, 0.717) is 16.8 Å². The fourth-order valence-corrected chi connectivity index (χ4v) is 1.94. The van der Waals surface area contributed by atoms with E-state index >= 15 is 0 Å². The maximum atomic E-state index is 12.3. The second kappa shape index (κ2) is 5.54. The average Bonchev–Trinajstić information content (AvgIpc) is 2.41. The fraction of sp³-hybridized carbons (Fsp3) is 0. The largest absolute Gasteiger partial charge is 0.289 e. The van der Waals surface area contributed by atoms with Crippen LogP contribution < -0.4 is 0 Å². The summed E-state index contributed by atoms with van der Waals surface area (Å²) >= 11 is 3.30. The molecule has 0 aliphatic rings. The van der Waals surface area contributed by atoms with Crippen molar-refractivity contribution in [1.82, 2.24) is 0 Å². The summed E-state index contributed by atoms with van der Waals surface area (Å²) in [6.45, 7) is 0. The third kappa shape index (κ3) is 2.62. The van der Waals surface area contributed by atoms with Crippen LogP contribution in [0.15, 0.2) is 58.0 Å². The summed E-state index contributed by atoms with van der Waals surface area (Å²) in [7, 11) is 0. The van der Waals surface area contributed by atoms with Crippen molar-refractivity contribution >= 4 is 33.5 Å². The van der Waals surface area contributed by atoms with Crippen molar-refractivity contribution in [3.63, 3.8) is 0 Å². The Labute approximate surface area is 112 Å². The zero-order valence-electron chi connectivity index (χ0n) is 9.26. The molecule has 0 heterocycles. The average molecular weight is 302 g/mol. The molecule has 88 valence electrons. The normalized spacial score (nSPS) is 9.61. The Hall–Kier alpha value is -2.03. The van der Waals surface area contributed by atoms with E-state index in [2.05, 4.69) is 20.9 Å². The van der Waals surface area contributed by atoms with Crippen LogP contribution in [0, 0.1) is 0 Å². The first kappa shape index (κ1) is 12.4. The standard InChI is InChI=1S/C14H8BrNO2/c15-11-6-7-13(16-9-17)12(8-11)14(18)10-4-2-1-3-5-10/h1-8H. The third-order valence-electron chi connectivity index (χ3n) is 2.41. The van der Waals surface area contributed by atoms with E-state index < -0.39 is 0 Å². The molecule has 0 saturated heterocycles. The molecule has 18 heavy (non-hydrogen) atoms. The maximum absolute atomic E-state index is 12.3. The molecule has 2 rings (SSSR count). The number of halogens is 1. The molecule has 0 aliphatic carbocycles. The molecular weight excluding hydrogens is 294 g/mol. The monoisotopic (exact) mass is 301 g/mol. The van der Waals surface area contributed by atoms with E-state index in [1.165, 1.54) is 6.08 Å². The Morgan fingerprint density at radius 1 is 1.11 bits per heavy atom. The highest BCUT2D eigenvalue weighted by Gasteiger charge is 2.13. The first-order valence-electron chi connectivity index (χ1n) is 5.19. The van der Waals surface area contributed by atoms with E-state index in [-0.39, 0.29) is 5.78 Å². The van der Waals surface area contributed by atoms with Crippen molar-refractivity contribution in [2.24, 2.45) is 4.99 Å². The van der Waals surface area contributed by atoms with Gasteiger partial charge >= 0.3 is 0 Å². The molecule has 0 aliphatic heterocycles. The number of hydrogen-bond acceptors (Lipinski definition) is 3. The number of nitrogens with zero attached hydrogens (tertiary/aromatic N) is 1. The van der Waals surface area contributed by atoms with Gasteiger partial charge in [0.15, 0.2) is 5.78 Å². The van der Waals surface area contributed by atoms with Crippen LogP contribution in [0.3, 0.4) is 0 Å². The van der Waals surface area contributed by atoms with Crippen LogP contribution in [0.4, 0.5) is 5.69 Å². The van der Waals surface area contributed by atoms with Gasteiger partial charge in [-0.2, -0.15) is 4.99 Å². The lowest BCUT2D eigenvalue weighted by molar-refractivity contribution is 0.103. The molecule has 3 nitrogen and oxygen atoms in total. The Kier molecular flexibility index (Phi) is 3.82. The van der Waals surface area contributed by atoms with Crippen molar-refractivity contribution in [1.29, 1.82) is 0 Å². The van der Waals surface area contributed by atoms with Crippen LogP contribution in [0.5, 0.6) is 0 Å². The van der Waals surface area contributed by atoms with Gasteiger partial charge in [0.1, 0.15) is 0 Å². The molecule has 4 heteroatoms. The summed E-state index contributed by atoms with van der Waals surface area (Å²) in [6, 6.07) is 13.8. The molecule has 0 amide bonds. The fourth-order valence-electron chi connectivity index (χ4n) is 1.58. The van der Waals surface area contributed by atoms with Gasteiger partial charge < -0.3 is 0 Å². The van der Waals surface area contributed by atoms with Gasteiger partial charge in [-0.3, -0.25) is 4.79 Å². The topological polar surface area (TPSA) is 46.5 Å². The van der Waals surface area contributed by atoms with E-state index in [4.69, 9.17) is 0 Å². The Morgan fingerprint density at radius 2 is 1.83 bits per heavy atom. The van der Waals surface area contributed by atoms with Crippen LogP contribution >= 0.6 is 15.9 Å². The molecule has 0 bridgehead atoms. The Morgan fingerprint density at radius 3 is 2.50 bits per heavy atom. The van der Waals surface area contributed by atoms with E-state index in [1.807, 2.05) is 6.07 Å². The number of rotatable bonds is 3. The zero-order chi connectivity index (χ0) is 13.0. The lowest BCUT2D eigenvalue weighted by Gasteiger charge is -2.04. The summed E-state index contributed by atoms with van der Waals surface area (Å²) in [5.74, 6) is -0.175. The van der Waals surface area contributed by atoms with Crippen LogP contribution in [-0.4, -0.2) is 11.9 Å². The van der Waals surface area contributed by atoms with Gasteiger partial charge in [0.2, 0.25) is 6.08 Å². The van der Waals surface area contributed by atoms with Gasteiger partial charge in [0.25, 0.3) is 0 Å². The summed E-state index contributed by atoms with van der Waals surface area (Å²) in [5.41, 5.74) is 1.25. The lowest BCUT2D eigenvalue weighted by atomic mass is 10.0. The van der Waals surface area contributed by atoms with Crippen LogP contribution in [0.1, 0.15) is 15.9 Å². The number of ketones is 1. The van der Waals surface area contributed by atoms with Crippen molar-refractivity contribution in [2.75, 3.05) is 0 Å². The maximum Gasteiger partial charge on any atom is 0.240 e. The molecule has 0 aromatic heterocycles. The molecule has 2 aromatic rings. The molecule has 0 N–H and O–H groups in total. The minimum Gasteiger partial charge on any atom is -0.289 e. The van der Waals surface area contributed by atoms with E-state index in [0.717, 1.165) is 4.47 Å². The van der Waals surface area contributed by atoms with Gasteiger partial charge in [-0.15, -0.1) is 0 Å². The SMILES string of the molecule is O=C=Nc1ccc(Br)cc1C(=O)c1ccccc1. The molecular formula is C14H8BrNO2. The summed E-state index contributed by atoms with van der Waals surface area (Å²) in [5, 5.41) is 0. The first-order chi connectivity index (χ1) is 8.72. The molecule has 0 saturated carbocycles. The smallest absolute Gasteiger partial charge is 0.240 e. The van der Waals surface area contributed by atoms with E-state index in [9.17, 15) is 9.59 Å². The predicted octanol–water partition coefficient (Wildman–Crippen LogP) is 3.65. The lowest BCUT2D eigenvalue weighted by Crippen LogP contribution is -2.01. The number of isocyanates is 1. The molecule has 0 spiro atoms. The number of aliphatic imine (C=N–C) groups is 1. The molecule has 0 radical (unpaired) electrons. The van der Waals surface area contributed by atoms with Crippen LogP contribution in [-0.2, 0) is 4.79 Å². The van der Waals surface area contributed by atoms with Crippen molar-refractivity contribution in [3.05, 3.63) is 64.1 Å². The highest BCUT2D eigenvalue weighted by molar-refractivity contribution is 9.10. The van der Waals surface area contributed by atoms with Gasteiger partial charge in [-0.25, -0.2) is 4.79 Å². The summed E-state index contributed by atoms with van der Waals surface area (Å²) in [6.07, 6.45) is 1.46. The van der Waals surface area contributed by atoms with Gasteiger partial charge in [0, 0.05) is 10.0 Å². The Bertz CT molecular complexity index is 631. The Balaban J connectivity index is 2.53. The molecule has 2 aromatic carbocycles. The van der Waals surface area contributed by atoms with Crippen molar-refractivity contribution in [2.45, 2.75) is 0 Å². The number of carbonyl (C=O) groups is 1. The number of hydrogen-bond donors (Lipinski definition) is 0. The van der Waals surface area contributed by atoms with Gasteiger partial charge in [-0.1, -0.05) is 46.3 Å². The highest BCUT2D eigenvalue weighted by atomic mass is 79.9. The van der Waals surface area contributed by atoms with Crippen LogP contribution in [0.2, 0.25) is 0 Å². The molecule has 0 fully saturated rings. The second-order valence-electron chi connectivity index (χ2n) is 3.56. The minimum atomic E-state index is -0.175. The van der Waals surface area contributed by atoms with Crippen molar-refractivity contribution < 1.29 is 9.59 Å². The molecule has 0 atom stereocenters. The van der Waals surface area contributed by atoms with Crippen LogP contribution in [0.25, 0.3) is 0 Å². The quantitative estimate of drug-likeness (QED) is 0.493. The van der Waals surface area contributed by atoms with Gasteiger partial charge in [0.05, 0.1) is 11.3 Å². The number of benzene rings is 2. The van der Waals surface area contributed by atoms with Gasteiger partial charge in [-0.05, 0) is 18.2 Å². The predicted molar refractivity (Wildman–Crippen MR) is 71.8 cm³/mol. The molecule has 0 unspecified atom stereocenters. The second-order valence-corrected chi connectivity index (χ2v) is 4.48. The number of carbonyl (C=O) groups excluding carboxylic acids is 2. The highest BCUT2D eigenvalue weighted by Crippen LogP contribution is 2.25.